The standard InChI is InChI=1S/C20H26N4O5/c1-13(2)10-21-19(25)18-9-17(29-22-18)12-23(11-14(3)4)20(26)15-6-5-7-16(8-15)24(27)28/h5-9,13-14H,10-12H2,1-4H3,(H,21,25). The van der Waals surface area contributed by atoms with Crippen LogP contribution in [0.2, 0.25) is 0 Å². The quantitative estimate of drug-likeness (QED) is 0.508. The highest BCUT2D eigenvalue weighted by atomic mass is 16.6. The van der Waals surface area contributed by atoms with Crippen molar-refractivity contribution in [1.82, 2.24) is 15.4 Å². The van der Waals surface area contributed by atoms with Gasteiger partial charge >= 0.3 is 0 Å². The molecule has 1 aromatic carbocycles. The molecule has 2 rings (SSSR count). The van der Waals surface area contributed by atoms with Gasteiger partial charge in [0.2, 0.25) is 0 Å². The molecule has 0 atom stereocenters. The zero-order chi connectivity index (χ0) is 21.6. The molecule has 29 heavy (non-hydrogen) atoms. The van der Waals surface area contributed by atoms with Gasteiger partial charge in [-0.15, -0.1) is 0 Å². The molecular weight excluding hydrogens is 376 g/mol. The fourth-order valence-corrected chi connectivity index (χ4v) is 2.67. The van der Waals surface area contributed by atoms with E-state index in [0.717, 1.165) is 0 Å². The van der Waals surface area contributed by atoms with Crippen LogP contribution in [0.4, 0.5) is 5.69 Å². The van der Waals surface area contributed by atoms with E-state index in [9.17, 15) is 19.7 Å². The van der Waals surface area contributed by atoms with Crippen molar-refractivity contribution in [2.24, 2.45) is 11.8 Å². The van der Waals surface area contributed by atoms with Gasteiger partial charge in [0, 0.05) is 36.9 Å². The van der Waals surface area contributed by atoms with Gasteiger partial charge in [0.25, 0.3) is 17.5 Å². The summed E-state index contributed by atoms with van der Waals surface area (Å²) in [4.78, 5) is 37.0. The summed E-state index contributed by atoms with van der Waals surface area (Å²) in [7, 11) is 0. The molecule has 1 aromatic heterocycles. The Hall–Kier alpha value is -3.23. The fraction of sp³-hybridized carbons (Fsp3) is 0.450. The van der Waals surface area contributed by atoms with Crippen LogP contribution in [-0.4, -0.2) is 39.9 Å². The second kappa shape index (κ2) is 9.81. The van der Waals surface area contributed by atoms with E-state index in [4.69, 9.17) is 4.52 Å². The van der Waals surface area contributed by atoms with Gasteiger partial charge in [-0.2, -0.15) is 0 Å². The summed E-state index contributed by atoms with van der Waals surface area (Å²) >= 11 is 0. The maximum Gasteiger partial charge on any atom is 0.273 e. The highest BCUT2D eigenvalue weighted by molar-refractivity contribution is 5.95. The van der Waals surface area contributed by atoms with E-state index in [2.05, 4.69) is 10.5 Å². The zero-order valence-corrected chi connectivity index (χ0v) is 17.0. The molecule has 0 aliphatic heterocycles. The molecule has 2 aromatic rings. The van der Waals surface area contributed by atoms with Crippen LogP contribution < -0.4 is 5.32 Å². The largest absolute Gasteiger partial charge is 0.359 e. The summed E-state index contributed by atoms with van der Waals surface area (Å²) in [5.74, 6) is 0.131. The number of hydrogen-bond donors (Lipinski definition) is 1. The summed E-state index contributed by atoms with van der Waals surface area (Å²) in [6.07, 6.45) is 0. The van der Waals surface area contributed by atoms with Crippen molar-refractivity contribution in [3.05, 3.63) is 57.5 Å². The van der Waals surface area contributed by atoms with Crippen LogP contribution in [-0.2, 0) is 6.54 Å². The molecule has 0 saturated heterocycles. The van der Waals surface area contributed by atoms with Crippen LogP contribution in [0.5, 0.6) is 0 Å². The number of nitro groups is 1. The van der Waals surface area contributed by atoms with Crippen LogP contribution in [0, 0.1) is 22.0 Å². The van der Waals surface area contributed by atoms with Crippen molar-refractivity contribution in [2.75, 3.05) is 13.1 Å². The van der Waals surface area contributed by atoms with Crippen molar-refractivity contribution in [2.45, 2.75) is 34.2 Å². The van der Waals surface area contributed by atoms with Crippen LogP contribution in [0.1, 0.15) is 54.3 Å². The van der Waals surface area contributed by atoms with Gasteiger partial charge in [0.05, 0.1) is 11.5 Å². The minimum atomic E-state index is -0.540. The molecule has 0 unspecified atom stereocenters. The SMILES string of the molecule is CC(C)CNC(=O)c1cc(CN(CC(C)C)C(=O)c2cccc([N+](=O)[O-])c2)on1. The lowest BCUT2D eigenvalue weighted by molar-refractivity contribution is -0.384. The topological polar surface area (TPSA) is 119 Å². The van der Waals surface area contributed by atoms with Crippen LogP contribution in [0.15, 0.2) is 34.9 Å². The third kappa shape index (κ3) is 6.41. The van der Waals surface area contributed by atoms with E-state index in [0.29, 0.717) is 24.8 Å². The smallest absolute Gasteiger partial charge is 0.273 e. The lowest BCUT2D eigenvalue weighted by Gasteiger charge is -2.23. The number of benzene rings is 1. The predicted octanol–water partition coefficient (Wildman–Crippen LogP) is 3.27. The average Bonchev–Trinajstić information content (AvgIpc) is 3.13. The Morgan fingerprint density at radius 3 is 2.55 bits per heavy atom. The molecule has 0 bridgehead atoms. The molecular formula is C20H26N4O5. The Kier molecular flexibility index (Phi) is 7.46. The number of nitrogens with one attached hydrogen (secondary N) is 1. The van der Waals surface area contributed by atoms with Crippen molar-refractivity contribution in [1.29, 1.82) is 0 Å². The highest BCUT2D eigenvalue weighted by Crippen LogP contribution is 2.18. The second-order valence-corrected chi connectivity index (χ2v) is 7.67. The van der Waals surface area contributed by atoms with Gasteiger partial charge in [-0.3, -0.25) is 19.7 Å². The molecule has 156 valence electrons. The third-order valence-corrected chi connectivity index (χ3v) is 3.99. The van der Waals surface area contributed by atoms with Gasteiger partial charge in [-0.05, 0) is 17.9 Å². The molecule has 9 heteroatoms. The second-order valence-electron chi connectivity index (χ2n) is 7.67. The van der Waals surface area contributed by atoms with Crippen molar-refractivity contribution in [3.8, 4) is 0 Å². The summed E-state index contributed by atoms with van der Waals surface area (Å²) in [5, 5.41) is 17.5. The lowest BCUT2D eigenvalue weighted by Crippen LogP contribution is -2.33. The molecule has 0 saturated carbocycles. The number of nitrogens with zero attached hydrogens (tertiary/aromatic N) is 3. The third-order valence-electron chi connectivity index (χ3n) is 3.99. The first-order valence-electron chi connectivity index (χ1n) is 9.45. The van der Waals surface area contributed by atoms with Gasteiger partial charge in [-0.25, -0.2) is 0 Å². The minimum Gasteiger partial charge on any atom is -0.359 e. The average molecular weight is 402 g/mol. The Bertz CT molecular complexity index is 875. The fourth-order valence-electron chi connectivity index (χ4n) is 2.67. The number of carbonyl (C=O) groups is 2. The Morgan fingerprint density at radius 1 is 1.21 bits per heavy atom. The number of non-ortho nitro benzene ring substituents is 1. The monoisotopic (exact) mass is 402 g/mol. The Balaban J connectivity index is 2.17. The van der Waals surface area contributed by atoms with Crippen LogP contribution in [0.25, 0.3) is 0 Å². The maximum atomic E-state index is 12.9. The summed E-state index contributed by atoms with van der Waals surface area (Å²) < 4.78 is 5.24. The van der Waals surface area contributed by atoms with Gasteiger partial charge in [0.1, 0.15) is 0 Å². The van der Waals surface area contributed by atoms with E-state index >= 15 is 0 Å². The van der Waals surface area contributed by atoms with E-state index in [-0.39, 0.29) is 41.2 Å². The first kappa shape index (κ1) is 22.1. The molecule has 0 fully saturated rings. The molecule has 0 aliphatic rings. The van der Waals surface area contributed by atoms with Crippen molar-refractivity contribution < 1.29 is 19.0 Å². The molecule has 2 amide bonds. The Morgan fingerprint density at radius 2 is 1.93 bits per heavy atom. The molecule has 0 aliphatic carbocycles. The van der Waals surface area contributed by atoms with E-state index in [1.54, 1.807) is 0 Å². The number of amides is 2. The molecule has 1 heterocycles. The molecule has 1 N–H and O–H groups in total. The first-order valence-corrected chi connectivity index (χ1v) is 9.45. The number of nitro benzene ring substituents is 1. The van der Waals surface area contributed by atoms with Crippen LogP contribution >= 0.6 is 0 Å². The first-order chi connectivity index (χ1) is 13.7. The number of aromatic nitrogens is 1. The zero-order valence-electron chi connectivity index (χ0n) is 17.0. The van der Waals surface area contributed by atoms with Gasteiger partial charge in [-0.1, -0.05) is 38.9 Å². The van der Waals surface area contributed by atoms with Crippen molar-refractivity contribution >= 4 is 17.5 Å². The number of rotatable bonds is 9. The number of hydrogen-bond acceptors (Lipinski definition) is 6. The predicted molar refractivity (Wildman–Crippen MR) is 106 cm³/mol. The summed E-state index contributed by atoms with van der Waals surface area (Å²) in [6.45, 7) is 8.92. The maximum absolute atomic E-state index is 12.9. The Labute approximate surface area is 169 Å². The van der Waals surface area contributed by atoms with E-state index < -0.39 is 4.92 Å². The van der Waals surface area contributed by atoms with Crippen LogP contribution in [0.3, 0.4) is 0 Å². The lowest BCUT2D eigenvalue weighted by atomic mass is 10.1. The molecule has 9 nitrogen and oxygen atoms in total. The minimum absolute atomic E-state index is 0.101. The highest BCUT2D eigenvalue weighted by Gasteiger charge is 2.22. The van der Waals surface area contributed by atoms with Gasteiger partial charge < -0.3 is 14.7 Å². The summed E-state index contributed by atoms with van der Waals surface area (Å²) in [6, 6.07) is 7.10. The normalized spacial score (nSPS) is 11.0. The van der Waals surface area contributed by atoms with Crippen molar-refractivity contribution in [3.63, 3.8) is 0 Å². The number of carbonyl (C=O) groups excluding carboxylic acids is 2. The van der Waals surface area contributed by atoms with E-state index in [1.165, 1.54) is 35.2 Å². The molecule has 0 radical (unpaired) electrons. The summed E-state index contributed by atoms with van der Waals surface area (Å²) in [5.41, 5.74) is 0.214. The molecule has 0 spiro atoms. The van der Waals surface area contributed by atoms with Gasteiger partial charge in [0.15, 0.2) is 11.5 Å². The van der Waals surface area contributed by atoms with E-state index in [1.807, 2.05) is 27.7 Å².